The van der Waals surface area contributed by atoms with Gasteiger partial charge in [0.1, 0.15) is 10.9 Å². The number of aromatic nitrogens is 1. The number of aryl methyl sites for hydroxylation is 4. The van der Waals surface area contributed by atoms with E-state index in [1.54, 1.807) is 4.90 Å². The summed E-state index contributed by atoms with van der Waals surface area (Å²) in [6.45, 7) is 13.5. The van der Waals surface area contributed by atoms with Crippen molar-refractivity contribution in [3.8, 4) is 0 Å². The third kappa shape index (κ3) is 5.25. The first-order valence-electron chi connectivity index (χ1n) is 10.7. The smallest absolute Gasteiger partial charge is 0.271 e. The first-order valence-corrected chi connectivity index (χ1v) is 11.5. The Labute approximate surface area is 194 Å². The van der Waals surface area contributed by atoms with E-state index in [0.717, 1.165) is 21.7 Å². The Hall–Kier alpha value is -2.99. The topological polar surface area (TPSA) is 62.3 Å². The van der Waals surface area contributed by atoms with Crippen molar-refractivity contribution < 1.29 is 9.59 Å². The molecule has 0 aliphatic carbocycles. The van der Waals surface area contributed by atoms with Crippen LogP contribution >= 0.6 is 11.3 Å². The lowest BCUT2D eigenvalue weighted by atomic mass is 9.99. The molecule has 0 fully saturated rings. The van der Waals surface area contributed by atoms with Gasteiger partial charge in [0.25, 0.3) is 5.91 Å². The summed E-state index contributed by atoms with van der Waals surface area (Å²) in [7, 11) is 0. The molecule has 2 aromatic carbocycles. The van der Waals surface area contributed by atoms with Crippen molar-refractivity contribution in [2.75, 3.05) is 4.90 Å². The molecular formula is C26H31N3O2S. The molecule has 0 aliphatic heterocycles. The average Bonchev–Trinajstić information content (AvgIpc) is 3.03. The molecule has 1 heterocycles. The molecule has 168 valence electrons. The number of nitrogens with one attached hydrogen (secondary N) is 1. The van der Waals surface area contributed by atoms with Gasteiger partial charge in [-0.15, -0.1) is 11.3 Å². The van der Waals surface area contributed by atoms with Gasteiger partial charge in [0.15, 0.2) is 0 Å². The van der Waals surface area contributed by atoms with Crippen LogP contribution in [0.15, 0.2) is 48.5 Å². The molecule has 0 saturated heterocycles. The summed E-state index contributed by atoms with van der Waals surface area (Å²) >= 11 is 1.36. The van der Waals surface area contributed by atoms with Crippen LogP contribution < -0.4 is 10.2 Å². The van der Waals surface area contributed by atoms with Crippen LogP contribution in [0.25, 0.3) is 0 Å². The van der Waals surface area contributed by atoms with Gasteiger partial charge in [-0.3, -0.25) is 14.5 Å². The molecule has 5 nitrogen and oxygen atoms in total. The van der Waals surface area contributed by atoms with Gasteiger partial charge >= 0.3 is 0 Å². The minimum absolute atomic E-state index is 0.224. The number of hydrogen-bond donors (Lipinski definition) is 1. The van der Waals surface area contributed by atoms with Crippen molar-refractivity contribution in [1.82, 2.24) is 10.3 Å². The zero-order valence-electron chi connectivity index (χ0n) is 19.8. The Morgan fingerprint density at radius 2 is 1.66 bits per heavy atom. The summed E-state index contributed by atoms with van der Waals surface area (Å²) in [5.74, 6) is -0.450. The van der Waals surface area contributed by atoms with E-state index in [2.05, 4.69) is 10.3 Å². The van der Waals surface area contributed by atoms with Gasteiger partial charge in [0.05, 0.1) is 10.7 Å². The van der Waals surface area contributed by atoms with Crippen molar-refractivity contribution in [2.24, 2.45) is 0 Å². The Balaban J connectivity index is 2.24. The van der Waals surface area contributed by atoms with Crippen LogP contribution in [-0.2, 0) is 4.79 Å². The highest BCUT2D eigenvalue weighted by atomic mass is 32.1. The van der Waals surface area contributed by atoms with E-state index in [9.17, 15) is 9.59 Å². The summed E-state index contributed by atoms with van der Waals surface area (Å²) in [5, 5.41) is 3.90. The molecule has 0 spiro atoms. The number of nitrogens with zero attached hydrogens (tertiary/aromatic N) is 2. The third-order valence-corrected chi connectivity index (χ3v) is 6.11. The maximum atomic E-state index is 14.0. The molecule has 6 heteroatoms. The highest BCUT2D eigenvalue weighted by molar-refractivity contribution is 7.13. The first-order chi connectivity index (χ1) is 15.0. The van der Waals surface area contributed by atoms with Gasteiger partial charge in [-0.25, -0.2) is 4.98 Å². The van der Waals surface area contributed by atoms with Crippen LogP contribution in [0.1, 0.15) is 63.9 Å². The molecular weight excluding hydrogens is 418 g/mol. The molecule has 0 saturated carbocycles. The molecule has 0 aliphatic rings. The largest absolute Gasteiger partial charge is 0.349 e. The van der Waals surface area contributed by atoms with E-state index < -0.39 is 11.6 Å². The number of rotatable bonds is 5. The van der Waals surface area contributed by atoms with Crippen molar-refractivity contribution in [3.63, 3.8) is 0 Å². The minimum Gasteiger partial charge on any atom is -0.349 e. The Bertz CT molecular complexity index is 1130. The Kier molecular flexibility index (Phi) is 6.84. The first kappa shape index (κ1) is 23.7. The van der Waals surface area contributed by atoms with Crippen molar-refractivity contribution in [2.45, 2.75) is 60.0 Å². The quantitative estimate of drug-likeness (QED) is 0.545. The highest BCUT2D eigenvalue weighted by Crippen LogP contribution is 2.34. The third-order valence-electron chi connectivity index (χ3n) is 5.05. The number of anilines is 1. The van der Waals surface area contributed by atoms with Crippen LogP contribution in [0.5, 0.6) is 0 Å². The van der Waals surface area contributed by atoms with E-state index >= 15 is 0 Å². The number of benzene rings is 2. The molecule has 1 atom stereocenters. The Morgan fingerprint density at radius 1 is 1.00 bits per heavy atom. The fourth-order valence-corrected chi connectivity index (χ4v) is 4.63. The molecule has 1 aromatic heterocycles. The molecule has 0 bridgehead atoms. The van der Waals surface area contributed by atoms with Crippen LogP contribution in [0.2, 0.25) is 0 Å². The predicted octanol–water partition coefficient (Wildman–Crippen LogP) is 5.68. The Morgan fingerprint density at radius 3 is 2.19 bits per heavy atom. The second kappa shape index (κ2) is 9.25. The van der Waals surface area contributed by atoms with Gasteiger partial charge < -0.3 is 5.32 Å². The highest BCUT2D eigenvalue weighted by Gasteiger charge is 2.36. The monoisotopic (exact) mass is 449 g/mol. The van der Waals surface area contributed by atoms with E-state index in [1.807, 2.05) is 97.0 Å². The minimum atomic E-state index is -0.828. The van der Waals surface area contributed by atoms with Crippen LogP contribution in [0, 0.1) is 27.7 Å². The van der Waals surface area contributed by atoms with Crippen molar-refractivity contribution >= 4 is 28.8 Å². The standard InChI is InChI=1S/C26H31N3O2S/c1-16-13-14-21(17(2)15-16)29(25(31)23-18(3)27-19(4)32-23)22(20-11-9-8-10-12-20)24(30)28-26(5,6)7/h8-15,22H,1-7H3,(H,28,30). The predicted molar refractivity (Wildman–Crippen MR) is 131 cm³/mol. The fraction of sp³-hybridized carbons (Fsp3) is 0.346. The van der Waals surface area contributed by atoms with Gasteiger partial charge in [0, 0.05) is 11.2 Å². The summed E-state index contributed by atoms with van der Waals surface area (Å²) in [6.07, 6.45) is 0. The molecule has 32 heavy (non-hydrogen) atoms. The van der Waals surface area contributed by atoms with Gasteiger partial charge in [-0.05, 0) is 65.7 Å². The maximum Gasteiger partial charge on any atom is 0.271 e. The summed E-state index contributed by atoms with van der Waals surface area (Å²) < 4.78 is 0. The number of thiazole rings is 1. The molecule has 0 radical (unpaired) electrons. The molecule has 1 N–H and O–H groups in total. The lowest BCUT2D eigenvalue weighted by Crippen LogP contribution is -2.49. The fourth-order valence-electron chi connectivity index (χ4n) is 3.77. The van der Waals surface area contributed by atoms with E-state index in [-0.39, 0.29) is 11.8 Å². The van der Waals surface area contributed by atoms with Crippen LogP contribution in [-0.4, -0.2) is 22.3 Å². The van der Waals surface area contributed by atoms with E-state index in [4.69, 9.17) is 0 Å². The van der Waals surface area contributed by atoms with Crippen molar-refractivity contribution in [1.29, 1.82) is 0 Å². The van der Waals surface area contributed by atoms with E-state index in [0.29, 0.717) is 16.3 Å². The van der Waals surface area contributed by atoms with Gasteiger partial charge in [-0.2, -0.15) is 0 Å². The number of hydrogen-bond acceptors (Lipinski definition) is 4. The number of carbonyl (C=O) groups excluding carboxylic acids is 2. The summed E-state index contributed by atoms with van der Waals surface area (Å²) in [5.41, 5.74) is 3.72. The van der Waals surface area contributed by atoms with Crippen molar-refractivity contribution in [3.05, 3.63) is 80.8 Å². The SMILES string of the molecule is Cc1ccc(N(C(=O)c2sc(C)nc2C)C(C(=O)NC(C)(C)C)c2ccccc2)c(C)c1. The number of amides is 2. The van der Waals surface area contributed by atoms with E-state index in [1.165, 1.54) is 11.3 Å². The molecule has 3 aromatic rings. The second-order valence-electron chi connectivity index (χ2n) is 9.16. The zero-order chi connectivity index (χ0) is 23.6. The van der Waals surface area contributed by atoms with Gasteiger partial charge in [0.2, 0.25) is 5.91 Å². The van der Waals surface area contributed by atoms with Crippen LogP contribution in [0.4, 0.5) is 5.69 Å². The lowest BCUT2D eigenvalue weighted by Gasteiger charge is -2.34. The molecule has 1 unspecified atom stereocenters. The van der Waals surface area contributed by atoms with Crippen LogP contribution in [0.3, 0.4) is 0 Å². The second-order valence-corrected chi connectivity index (χ2v) is 10.4. The lowest BCUT2D eigenvalue weighted by molar-refractivity contribution is -0.123. The molecule has 3 rings (SSSR count). The summed E-state index contributed by atoms with van der Waals surface area (Å²) in [6, 6.07) is 14.6. The summed E-state index contributed by atoms with van der Waals surface area (Å²) in [4.78, 5) is 34.3. The van der Waals surface area contributed by atoms with Gasteiger partial charge in [-0.1, -0.05) is 48.0 Å². The normalized spacial score (nSPS) is 12.3. The average molecular weight is 450 g/mol. The zero-order valence-corrected chi connectivity index (χ0v) is 20.6. The molecule has 2 amide bonds. The maximum absolute atomic E-state index is 14.0. The number of carbonyl (C=O) groups is 2.